The summed E-state index contributed by atoms with van der Waals surface area (Å²) in [5, 5.41) is 9.93. The number of carbonyl (C=O) groups excluding carboxylic acids is 1. The maximum Gasteiger partial charge on any atom is 0.274 e. The van der Waals surface area contributed by atoms with E-state index in [1.54, 1.807) is 24.3 Å². The number of carbonyl (C=O) groups is 1. The topological polar surface area (TPSA) is 78.8 Å². The molecule has 0 saturated carbocycles. The number of sulfonamides is 1. The summed E-state index contributed by atoms with van der Waals surface area (Å²) in [6.07, 6.45) is 1.61. The van der Waals surface area contributed by atoms with Gasteiger partial charge in [-0.2, -0.15) is 16.4 Å². The third-order valence-corrected chi connectivity index (χ3v) is 5.97. The number of rotatable bonds is 5. The molecule has 0 bridgehead atoms. The van der Waals surface area contributed by atoms with Gasteiger partial charge in [-0.15, -0.1) is 0 Å². The van der Waals surface area contributed by atoms with Crippen molar-refractivity contribution in [3.05, 3.63) is 87.9 Å². The van der Waals surface area contributed by atoms with Gasteiger partial charge in [0.1, 0.15) is 5.82 Å². The molecular weight excluding hydrogens is 425 g/mol. The highest BCUT2D eigenvalue weighted by atomic mass is 32.2. The fourth-order valence-corrected chi connectivity index (χ4v) is 4.54. The lowest BCUT2D eigenvalue weighted by atomic mass is 10.00. The predicted octanol–water partition coefficient (Wildman–Crippen LogP) is 4.25. The van der Waals surface area contributed by atoms with E-state index in [-0.39, 0.29) is 11.9 Å². The lowest BCUT2D eigenvalue weighted by molar-refractivity contribution is 0.0711. The number of thiophene rings is 1. The van der Waals surface area contributed by atoms with Gasteiger partial charge in [0.2, 0.25) is 10.0 Å². The van der Waals surface area contributed by atoms with E-state index in [2.05, 4.69) is 9.82 Å². The average Bonchev–Trinajstić information content (AvgIpc) is 3.37. The number of anilines is 1. The molecule has 154 valence electrons. The van der Waals surface area contributed by atoms with Gasteiger partial charge in [0.05, 0.1) is 18.0 Å². The van der Waals surface area contributed by atoms with Crippen molar-refractivity contribution in [2.45, 2.75) is 12.5 Å². The minimum atomic E-state index is -3.36. The first-order valence-electron chi connectivity index (χ1n) is 9.07. The van der Waals surface area contributed by atoms with Gasteiger partial charge in [-0.05, 0) is 64.4 Å². The van der Waals surface area contributed by atoms with Gasteiger partial charge >= 0.3 is 0 Å². The number of amides is 1. The molecule has 2 heterocycles. The second-order valence-corrected chi connectivity index (χ2v) is 9.46. The van der Waals surface area contributed by atoms with E-state index in [0.29, 0.717) is 23.4 Å². The van der Waals surface area contributed by atoms with E-state index in [0.717, 1.165) is 17.4 Å². The molecule has 9 heteroatoms. The molecule has 1 atom stereocenters. The highest BCUT2D eigenvalue weighted by molar-refractivity contribution is 7.92. The maximum absolute atomic E-state index is 13.3. The summed E-state index contributed by atoms with van der Waals surface area (Å²) >= 11 is 1.54. The third-order valence-electron chi connectivity index (χ3n) is 4.66. The first kappa shape index (κ1) is 20.2. The van der Waals surface area contributed by atoms with Crippen LogP contribution in [0.3, 0.4) is 0 Å². The number of hydrazone groups is 1. The minimum Gasteiger partial charge on any atom is -0.284 e. The Morgan fingerprint density at radius 1 is 1.13 bits per heavy atom. The Kier molecular flexibility index (Phi) is 5.40. The van der Waals surface area contributed by atoms with Gasteiger partial charge < -0.3 is 0 Å². The molecule has 1 aromatic heterocycles. The number of hydrogen-bond acceptors (Lipinski definition) is 5. The molecule has 0 fully saturated rings. The van der Waals surface area contributed by atoms with Crippen LogP contribution < -0.4 is 4.72 Å². The van der Waals surface area contributed by atoms with Crippen LogP contribution in [-0.4, -0.2) is 31.3 Å². The molecule has 0 radical (unpaired) electrons. The van der Waals surface area contributed by atoms with Crippen molar-refractivity contribution in [1.29, 1.82) is 0 Å². The van der Waals surface area contributed by atoms with Gasteiger partial charge in [-0.3, -0.25) is 9.52 Å². The second kappa shape index (κ2) is 8.00. The average molecular weight is 444 g/mol. The van der Waals surface area contributed by atoms with Crippen molar-refractivity contribution in [2.24, 2.45) is 5.10 Å². The molecule has 3 aromatic rings. The van der Waals surface area contributed by atoms with Gasteiger partial charge in [0, 0.05) is 17.7 Å². The van der Waals surface area contributed by atoms with Crippen LogP contribution in [0.25, 0.3) is 0 Å². The smallest absolute Gasteiger partial charge is 0.274 e. The summed E-state index contributed by atoms with van der Waals surface area (Å²) in [7, 11) is -3.36. The zero-order valence-corrected chi connectivity index (χ0v) is 17.6. The van der Waals surface area contributed by atoms with Crippen LogP contribution in [0.2, 0.25) is 0 Å². The highest BCUT2D eigenvalue weighted by Crippen LogP contribution is 2.35. The van der Waals surface area contributed by atoms with E-state index in [4.69, 9.17) is 0 Å². The molecule has 0 aliphatic carbocycles. The lowest BCUT2D eigenvalue weighted by Crippen LogP contribution is -2.26. The monoisotopic (exact) mass is 443 g/mol. The van der Waals surface area contributed by atoms with Crippen LogP contribution in [-0.2, 0) is 10.0 Å². The van der Waals surface area contributed by atoms with Crippen LogP contribution >= 0.6 is 11.3 Å². The van der Waals surface area contributed by atoms with E-state index in [9.17, 15) is 17.6 Å². The van der Waals surface area contributed by atoms with Crippen LogP contribution in [0.15, 0.2) is 70.5 Å². The van der Waals surface area contributed by atoms with Crippen molar-refractivity contribution in [3.8, 4) is 0 Å². The second-order valence-electron chi connectivity index (χ2n) is 6.93. The fraction of sp³-hybridized carbons (Fsp3) is 0.143. The van der Waals surface area contributed by atoms with Gasteiger partial charge in [-0.1, -0.05) is 12.1 Å². The Bertz CT molecular complexity index is 1190. The Labute approximate surface area is 177 Å². The fourth-order valence-electron chi connectivity index (χ4n) is 3.27. The molecule has 6 nitrogen and oxygen atoms in total. The summed E-state index contributed by atoms with van der Waals surface area (Å²) < 4.78 is 38.5. The molecular formula is C21H18FN3O3S2. The zero-order valence-electron chi connectivity index (χ0n) is 15.9. The number of halogens is 1. The number of hydrogen-bond donors (Lipinski definition) is 1. The molecule has 30 heavy (non-hydrogen) atoms. The number of nitrogens with zero attached hydrogens (tertiary/aromatic N) is 2. The Morgan fingerprint density at radius 3 is 2.43 bits per heavy atom. The minimum absolute atomic E-state index is 0.266. The molecule has 4 rings (SSSR count). The van der Waals surface area contributed by atoms with Crippen LogP contribution in [0, 0.1) is 5.82 Å². The van der Waals surface area contributed by atoms with E-state index >= 15 is 0 Å². The summed E-state index contributed by atoms with van der Waals surface area (Å²) in [6, 6.07) is 13.9. The van der Waals surface area contributed by atoms with E-state index in [1.807, 2.05) is 16.8 Å². The lowest BCUT2D eigenvalue weighted by Gasteiger charge is -2.21. The molecule has 0 spiro atoms. The quantitative estimate of drug-likeness (QED) is 0.640. The van der Waals surface area contributed by atoms with Crippen LogP contribution in [0.1, 0.15) is 33.9 Å². The van der Waals surface area contributed by atoms with E-state index in [1.165, 1.54) is 40.6 Å². The van der Waals surface area contributed by atoms with Crippen molar-refractivity contribution in [2.75, 3.05) is 11.0 Å². The van der Waals surface area contributed by atoms with Crippen molar-refractivity contribution in [3.63, 3.8) is 0 Å². The Morgan fingerprint density at radius 2 is 1.83 bits per heavy atom. The zero-order chi connectivity index (χ0) is 21.3. The first-order valence-corrected chi connectivity index (χ1v) is 11.9. The molecule has 1 aliphatic rings. The number of benzene rings is 2. The summed E-state index contributed by atoms with van der Waals surface area (Å²) in [4.78, 5) is 13.1. The molecule has 1 aliphatic heterocycles. The molecule has 1 amide bonds. The largest absolute Gasteiger partial charge is 0.284 e. The molecule has 0 saturated heterocycles. The van der Waals surface area contributed by atoms with Crippen LogP contribution in [0.5, 0.6) is 0 Å². The SMILES string of the molecule is CS(=O)(=O)Nc1ccc(C2=NN(C(=O)c3ccc(F)cc3)[C@@H](c3ccsc3)C2)cc1. The normalized spacial score (nSPS) is 16.4. The molecule has 0 unspecified atom stereocenters. The molecule has 1 N–H and O–H groups in total. The summed E-state index contributed by atoms with van der Waals surface area (Å²) in [6.45, 7) is 0. The van der Waals surface area contributed by atoms with Crippen molar-refractivity contribution >= 4 is 38.7 Å². The predicted molar refractivity (Wildman–Crippen MR) is 116 cm³/mol. The summed E-state index contributed by atoms with van der Waals surface area (Å²) in [5.41, 5.74) is 3.30. The van der Waals surface area contributed by atoms with Gasteiger partial charge in [0.15, 0.2) is 0 Å². The van der Waals surface area contributed by atoms with Crippen molar-refractivity contribution in [1.82, 2.24) is 5.01 Å². The standard InChI is InChI=1S/C21H18FN3O3S2/c1-30(27,28)24-18-8-4-14(5-9-18)19-12-20(16-10-11-29-13-16)25(23-19)21(26)15-2-6-17(22)7-3-15/h2-11,13,20,24H,12H2,1H3/t20-/m1/s1. The summed E-state index contributed by atoms with van der Waals surface area (Å²) in [5.74, 6) is -0.717. The van der Waals surface area contributed by atoms with Gasteiger partial charge in [0.25, 0.3) is 5.91 Å². The maximum atomic E-state index is 13.3. The number of nitrogens with one attached hydrogen (secondary N) is 1. The highest BCUT2D eigenvalue weighted by Gasteiger charge is 2.33. The van der Waals surface area contributed by atoms with Crippen LogP contribution in [0.4, 0.5) is 10.1 Å². The van der Waals surface area contributed by atoms with Crippen molar-refractivity contribution < 1.29 is 17.6 Å². The third kappa shape index (κ3) is 4.42. The Balaban J connectivity index is 1.65. The van der Waals surface area contributed by atoms with Gasteiger partial charge in [-0.25, -0.2) is 17.8 Å². The van der Waals surface area contributed by atoms with E-state index < -0.39 is 15.8 Å². The Hall–Kier alpha value is -3.04. The molecule has 2 aromatic carbocycles. The first-order chi connectivity index (χ1) is 14.3.